The summed E-state index contributed by atoms with van der Waals surface area (Å²) in [6.45, 7) is 0. The van der Waals surface area contributed by atoms with Crippen LogP contribution in [0.4, 0.5) is 8.78 Å². The zero-order valence-corrected chi connectivity index (χ0v) is 7.37. The summed E-state index contributed by atoms with van der Waals surface area (Å²) >= 11 is 3.04. The summed E-state index contributed by atoms with van der Waals surface area (Å²) < 4.78 is 24.3. The lowest BCUT2D eigenvalue weighted by molar-refractivity contribution is -0.0109. The van der Waals surface area contributed by atoms with Gasteiger partial charge in [-0.25, -0.2) is 18.7 Å². The SMILES string of the molecule is OC(c1ncc(Br)cn1)C(F)F. The van der Waals surface area contributed by atoms with E-state index in [4.69, 9.17) is 5.11 Å². The summed E-state index contributed by atoms with van der Waals surface area (Å²) in [5.41, 5.74) is 0. The third-order valence-electron chi connectivity index (χ3n) is 1.14. The maximum Gasteiger partial charge on any atom is 0.271 e. The third-order valence-corrected chi connectivity index (χ3v) is 1.55. The zero-order chi connectivity index (χ0) is 9.14. The molecule has 0 spiro atoms. The fourth-order valence-corrected chi connectivity index (χ4v) is 0.792. The molecule has 0 saturated carbocycles. The standard InChI is InChI=1S/C6H5BrF2N2O/c7-3-1-10-6(11-2-3)4(12)5(8)9/h1-2,4-5,12H. The lowest BCUT2D eigenvalue weighted by Gasteiger charge is -2.06. The summed E-state index contributed by atoms with van der Waals surface area (Å²) in [7, 11) is 0. The molecule has 6 heteroatoms. The molecule has 3 nitrogen and oxygen atoms in total. The summed E-state index contributed by atoms with van der Waals surface area (Å²) in [6.07, 6.45) is -2.16. The molecule has 1 aromatic rings. The number of halogens is 3. The van der Waals surface area contributed by atoms with Crippen molar-refractivity contribution in [3.8, 4) is 0 Å². The van der Waals surface area contributed by atoms with Crippen molar-refractivity contribution in [3.05, 3.63) is 22.7 Å². The van der Waals surface area contributed by atoms with Gasteiger partial charge in [0.25, 0.3) is 6.43 Å². The second-order valence-electron chi connectivity index (χ2n) is 2.04. The van der Waals surface area contributed by atoms with E-state index in [1.165, 1.54) is 12.4 Å². The molecular formula is C6H5BrF2N2O. The highest BCUT2D eigenvalue weighted by Crippen LogP contribution is 2.16. The summed E-state index contributed by atoms with van der Waals surface area (Å²) in [4.78, 5) is 7.02. The fraction of sp³-hybridized carbons (Fsp3) is 0.333. The minimum atomic E-state index is -2.86. The van der Waals surface area contributed by atoms with Crippen LogP contribution in [0, 0.1) is 0 Å². The highest BCUT2D eigenvalue weighted by atomic mass is 79.9. The Kier molecular flexibility index (Phi) is 3.05. The van der Waals surface area contributed by atoms with Crippen LogP contribution in [0.25, 0.3) is 0 Å². The molecule has 0 aliphatic heterocycles. The van der Waals surface area contributed by atoms with Gasteiger partial charge in [-0.3, -0.25) is 0 Å². The molecule has 0 fully saturated rings. The van der Waals surface area contributed by atoms with Crippen LogP contribution in [-0.4, -0.2) is 21.5 Å². The monoisotopic (exact) mass is 238 g/mol. The Balaban J connectivity index is 2.82. The first-order chi connectivity index (χ1) is 5.61. The van der Waals surface area contributed by atoms with E-state index in [0.29, 0.717) is 4.47 Å². The van der Waals surface area contributed by atoms with Crippen LogP contribution in [0.1, 0.15) is 11.9 Å². The molecule has 0 saturated heterocycles. The van der Waals surface area contributed by atoms with Crippen molar-refractivity contribution in [3.63, 3.8) is 0 Å². The Morgan fingerprint density at radius 2 is 1.83 bits per heavy atom. The molecule has 66 valence electrons. The van der Waals surface area contributed by atoms with Crippen LogP contribution in [0.3, 0.4) is 0 Å². The molecule has 1 heterocycles. The van der Waals surface area contributed by atoms with Crippen LogP contribution in [0.5, 0.6) is 0 Å². The number of aliphatic hydroxyl groups excluding tert-OH is 1. The Hall–Kier alpha value is -0.620. The van der Waals surface area contributed by atoms with Gasteiger partial charge < -0.3 is 5.11 Å². The fourth-order valence-electron chi connectivity index (χ4n) is 0.588. The van der Waals surface area contributed by atoms with E-state index >= 15 is 0 Å². The summed E-state index contributed by atoms with van der Waals surface area (Å²) in [5.74, 6) is -0.270. The maximum atomic E-state index is 11.9. The van der Waals surface area contributed by atoms with Crippen molar-refractivity contribution in [2.24, 2.45) is 0 Å². The minimum absolute atomic E-state index is 0.270. The first-order valence-electron chi connectivity index (χ1n) is 3.05. The molecule has 1 atom stereocenters. The molecule has 12 heavy (non-hydrogen) atoms. The molecule has 0 bridgehead atoms. The van der Waals surface area contributed by atoms with Crippen LogP contribution in [-0.2, 0) is 0 Å². The van der Waals surface area contributed by atoms with Gasteiger partial charge in [0.15, 0.2) is 11.9 Å². The average molecular weight is 239 g/mol. The van der Waals surface area contributed by atoms with Gasteiger partial charge in [-0.05, 0) is 15.9 Å². The zero-order valence-electron chi connectivity index (χ0n) is 5.78. The van der Waals surface area contributed by atoms with E-state index in [1.54, 1.807) is 0 Å². The first kappa shape index (κ1) is 9.47. The topological polar surface area (TPSA) is 46.0 Å². The van der Waals surface area contributed by atoms with E-state index in [9.17, 15) is 8.78 Å². The van der Waals surface area contributed by atoms with Crippen molar-refractivity contribution in [2.45, 2.75) is 12.5 Å². The summed E-state index contributed by atoms with van der Waals surface area (Å²) in [5, 5.41) is 8.80. The highest BCUT2D eigenvalue weighted by molar-refractivity contribution is 9.10. The number of nitrogens with zero attached hydrogens (tertiary/aromatic N) is 2. The van der Waals surface area contributed by atoms with Gasteiger partial charge in [0.2, 0.25) is 0 Å². The lowest BCUT2D eigenvalue weighted by Crippen LogP contribution is -2.11. The summed E-state index contributed by atoms with van der Waals surface area (Å²) in [6, 6.07) is 0. The molecule has 1 aromatic heterocycles. The quantitative estimate of drug-likeness (QED) is 0.851. The van der Waals surface area contributed by atoms with E-state index in [0.717, 1.165) is 0 Å². The number of hydrogen-bond acceptors (Lipinski definition) is 3. The number of aliphatic hydroxyl groups is 1. The minimum Gasteiger partial charge on any atom is -0.379 e. The molecule has 0 aromatic carbocycles. The van der Waals surface area contributed by atoms with Gasteiger partial charge in [0.1, 0.15) is 0 Å². The van der Waals surface area contributed by atoms with Crippen molar-refractivity contribution in [1.29, 1.82) is 0 Å². The molecule has 1 rings (SSSR count). The van der Waals surface area contributed by atoms with E-state index < -0.39 is 12.5 Å². The van der Waals surface area contributed by atoms with Crippen LogP contribution in [0.15, 0.2) is 16.9 Å². The van der Waals surface area contributed by atoms with Gasteiger partial charge >= 0.3 is 0 Å². The molecule has 0 radical (unpaired) electrons. The van der Waals surface area contributed by atoms with Gasteiger partial charge in [0.05, 0.1) is 4.47 Å². The number of hydrogen-bond donors (Lipinski definition) is 1. The predicted molar refractivity (Wildman–Crippen MR) is 40.7 cm³/mol. The largest absolute Gasteiger partial charge is 0.379 e. The number of rotatable bonds is 2. The second-order valence-corrected chi connectivity index (χ2v) is 2.95. The second kappa shape index (κ2) is 3.86. The van der Waals surface area contributed by atoms with Crippen molar-refractivity contribution in [2.75, 3.05) is 0 Å². The number of aromatic nitrogens is 2. The Morgan fingerprint density at radius 3 is 2.25 bits per heavy atom. The first-order valence-corrected chi connectivity index (χ1v) is 3.84. The predicted octanol–water partition coefficient (Wildman–Crippen LogP) is 1.54. The molecule has 1 N–H and O–H groups in total. The van der Waals surface area contributed by atoms with Gasteiger partial charge in [0, 0.05) is 12.4 Å². The van der Waals surface area contributed by atoms with Gasteiger partial charge in [-0.15, -0.1) is 0 Å². The molecule has 0 aliphatic rings. The van der Waals surface area contributed by atoms with E-state index in [2.05, 4.69) is 25.9 Å². The normalized spacial score (nSPS) is 13.4. The van der Waals surface area contributed by atoms with Crippen molar-refractivity contribution < 1.29 is 13.9 Å². The Labute approximate surface area is 75.6 Å². The molecule has 0 amide bonds. The highest BCUT2D eigenvalue weighted by Gasteiger charge is 2.21. The maximum absolute atomic E-state index is 11.9. The Bertz CT molecular complexity index is 254. The third kappa shape index (κ3) is 2.18. The van der Waals surface area contributed by atoms with E-state index in [-0.39, 0.29) is 5.82 Å². The molecular weight excluding hydrogens is 234 g/mol. The van der Waals surface area contributed by atoms with Crippen molar-refractivity contribution >= 4 is 15.9 Å². The van der Waals surface area contributed by atoms with Crippen molar-refractivity contribution in [1.82, 2.24) is 9.97 Å². The lowest BCUT2D eigenvalue weighted by atomic mass is 10.3. The van der Waals surface area contributed by atoms with Crippen LogP contribution in [0.2, 0.25) is 0 Å². The molecule has 1 unspecified atom stereocenters. The smallest absolute Gasteiger partial charge is 0.271 e. The van der Waals surface area contributed by atoms with E-state index in [1.807, 2.05) is 0 Å². The van der Waals surface area contributed by atoms with Gasteiger partial charge in [-0.2, -0.15) is 0 Å². The Morgan fingerprint density at radius 1 is 1.33 bits per heavy atom. The molecule has 0 aliphatic carbocycles. The van der Waals surface area contributed by atoms with Crippen LogP contribution < -0.4 is 0 Å². The number of alkyl halides is 2. The van der Waals surface area contributed by atoms with Crippen LogP contribution >= 0.6 is 15.9 Å². The van der Waals surface area contributed by atoms with Gasteiger partial charge in [-0.1, -0.05) is 0 Å². The average Bonchev–Trinajstić information content (AvgIpc) is 2.04.